The molecular weight excluding hydrogens is 256 g/mol. The van der Waals surface area contributed by atoms with E-state index in [0.717, 1.165) is 36.6 Å². The van der Waals surface area contributed by atoms with Gasteiger partial charge in [0, 0.05) is 18.2 Å². The molecule has 2 aliphatic rings. The standard InChI is InChI=1S/C15H20N2O3/c18-16-14-11-20-15-10-12(4-5-13(14)15)19-9-3-8-17-6-1-2-7-17/h4-5,10,18H,1-3,6-9,11H2. The van der Waals surface area contributed by atoms with E-state index in [-0.39, 0.29) is 0 Å². The summed E-state index contributed by atoms with van der Waals surface area (Å²) >= 11 is 0. The summed E-state index contributed by atoms with van der Waals surface area (Å²) in [6, 6.07) is 5.64. The summed E-state index contributed by atoms with van der Waals surface area (Å²) in [4.78, 5) is 2.49. The molecule has 0 aromatic heterocycles. The Morgan fingerprint density at radius 3 is 2.95 bits per heavy atom. The molecule has 0 bridgehead atoms. The molecule has 0 amide bonds. The van der Waals surface area contributed by atoms with E-state index in [1.165, 1.54) is 25.9 Å². The summed E-state index contributed by atoms with van der Waals surface area (Å²) in [5.74, 6) is 1.54. The molecule has 5 nitrogen and oxygen atoms in total. The highest BCUT2D eigenvalue weighted by molar-refractivity contribution is 6.05. The quantitative estimate of drug-likeness (QED) is 0.508. The first-order valence-corrected chi connectivity index (χ1v) is 7.20. The van der Waals surface area contributed by atoms with Crippen LogP contribution in [0.3, 0.4) is 0 Å². The van der Waals surface area contributed by atoms with Crippen molar-refractivity contribution in [3.05, 3.63) is 23.8 Å². The third-order valence-corrected chi connectivity index (χ3v) is 3.84. The number of hydrogen-bond acceptors (Lipinski definition) is 5. The van der Waals surface area contributed by atoms with Gasteiger partial charge in [0.2, 0.25) is 0 Å². The van der Waals surface area contributed by atoms with Crippen molar-refractivity contribution in [3.63, 3.8) is 0 Å². The van der Waals surface area contributed by atoms with E-state index in [1.807, 2.05) is 18.2 Å². The minimum Gasteiger partial charge on any atom is -0.493 e. The molecule has 20 heavy (non-hydrogen) atoms. The zero-order chi connectivity index (χ0) is 13.8. The van der Waals surface area contributed by atoms with E-state index < -0.39 is 0 Å². The van der Waals surface area contributed by atoms with E-state index in [9.17, 15) is 0 Å². The maximum Gasteiger partial charge on any atom is 0.134 e. The largest absolute Gasteiger partial charge is 0.493 e. The van der Waals surface area contributed by atoms with Gasteiger partial charge in [-0.25, -0.2) is 0 Å². The second-order valence-corrected chi connectivity index (χ2v) is 5.24. The average Bonchev–Trinajstić information content (AvgIpc) is 3.12. The summed E-state index contributed by atoms with van der Waals surface area (Å²) in [6.07, 6.45) is 3.71. The maximum absolute atomic E-state index is 8.83. The van der Waals surface area contributed by atoms with Crippen molar-refractivity contribution >= 4 is 5.71 Å². The number of fused-ring (bicyclic) bond motifs is 1. The van der Waals surface area contributed by atoms with Crippen molar-refractivity contribution in [2.75, 3.05) is 32.8 Å². The minimum absolute atomic E-state index is 0.324. The molecule has 1 fully saturated rings. The second-order valence-electron chi connectivity index (χ2n) is 5.24. The molecule has 108 valence electrons. The highest BCUT2D eigenvalue weighted by Crippen LogP contribution is 2.29. The van der Waals surface area contributed by atoms with Crippen LogP contribution in [0.15, 0.2) is 23.4 Å². The molecule has 0 atom stereocenters. The van der Waals surface area contributed by atoms with Gasteiger partial charge in [-0.2, -0.15) is 0 Å². The number of benzene rings is 1. The fourth-order valence-corrected chi connectivity index (χ4v) is 2.74. The molecule has 1 aromatic carbocycles. The number of ether oxygens (including phenoxy) is 2. The SMILES string of the molecule is ON=C1COc2cc(OCCCN3CCCC3)ccc21. The lowest BCUT2D eigenvalue weighted by molar-refractivity contribution is 0.262. The van der Waals surface area contributed by atoms with Crippen LogP contribution in [0.5, 0.6) is 11.5 Å². The first kappa shape index (κ1) is 13.2. The van der Waals surface area contributed by atoms with Crippen LogP contribution in [0.1, 0.15) is 24.8 Å². The van der Waals surface area contributed by atoms with Crippen LogP contribution in [-0.4, -0.2) is 48.7 Å². The topological polar surface area (TPSA) is 54.3 Å². The van der Waals surface area contributed by atoms with E-state index in [1.54, 1.807) is 0 Å². The molecule has 2 aliphatic heterocycles. The monoisotopic (exact) mass is 276 g/mol. The Hall–Kier alpha value is -1.75. The zero-order valence-electron chi connectivity index (χ0n) is 11.5. The molecule has 0 aliphatic carbocycles. The smallest absolute Gasteiger partial charge is 0.134 e. The van der Waals surface area contributed by atoms with Gasteiger partial charge in [0.25, 0.3) is 0 Å². The van der Waals surface area contributed by atoms with Crippen LogP contribution in [0.25, 0.3) is 0 Å². The summed E-state index contributed by atoms with van der Waals surface area (Å²) in [5, 5.41) is 12.1. The number of likely N-dealkylation sites (tertiary alicyclic amines) is 1. The Labute approximate surface area is 118 Å². The van der Waals surface area contributed by atoms with Crippen molar-refractivity contribution in [3.8, 4) is 11.5 Å². The van der Waals surface area contributed by atoms with Crippen molar-refractivity contribution < 1.29 is 14.7 Å². The summed E-state index contributed by atoms with van der Waals surface area (Å²) in [5.41, 5.74) is 1.41. The molecule has 0 spiro atoms. The van der Waals surface area contributed by atoms with Crippen molar-refractivity contribution in [2.45, 2.75) is 19.3 Å². The lowest BCUT2D eigenvalue weighted by Gasteiger charge is -2.14. The van der Waals surface area contributed by atoms with Crippen LogP contribution >= 0.6 is 0 Å². The van der Waals surface area contributed by atoms with E-state index in [0.29, 0.717) is 12.3 Å². The van der Waals surface area contributed by atoms with Gasteiger partial charge in [-0.05, 0) is 44.5 Å². The highest BCUT2D eigenvalue weighted by Gasteiger charge is 2.20. The van der Waals surface area contributed by atoms with Gasteiger partial charge in [-0.3, -0.25) is 0 Å². The van der Waals surface area contributed by atoms with Gasteiger partial charge in [0.15, 0.2) is 0 Å². The lowest BCUT2D eigenvalue weighted by atomic mass is 10.1. The fraction of sp³-hybridized carbons (Fsp3) is 0.533. The molecule has 0 saturated carbocycles. The minimum atomic E-state index is 0.324. The molecule has 0 radical (unpaired) electrons. The Bertz CT molecular complexity index is 496. The third-order valence-electron chi connectivity index (χ3n) is 3.84. The number of nitrogens with zero attached hydrogens (tertiary/aromatic N) is 2. The van der Waals surface area contributed by atoms with Gasteiger partial charge < -0.3 is 19.6 Å². The van der Waals surface area contributed by atoms with Crippen LogP contribution < -0.4 is 9.47 Å². The molecule has 1 aromatic rings. The summed E-state index contributed by atoms with van der Waals surface area (Å²) < 4.78 is 11.2. The van der Waals surface area contributed by atoms with E-state index >= 15 is 0 Å². The first-order valence-electron chi connectivity index (χ1n) is 7.20. The molecule has 1 N–H and O–H groups in total. The number of hydrogen-bond donors (Lipinski definition) is 1. The Morgan fingerprint density at radius 2 is 2.15 bits per heavy atom. The fourth-order valence-electron chi connectivity index (χ4n) is 2.74. The van der Waals surface area contributed by atoms with Gasteiger partial charge in [-0.15, -0.1) is 0 Å². The van der Waals surface area contributed by atoms with Gasteiger partial charge in [0.1, 0.15) is 23.8 Å². The molecule has 0 unspecified atom stereocenters. The normalized spacial score (nSPS) is 20.1. The average molecular weight is 276 g/mol. The van der Waals surface area contributed by atoms with Crippen molar-refractivity contribution in [1.82, 2.24) is 4.90 Å². The van der Waals surface area contributed by atoms with Crippen LogP contribution in [0, 0.1) is 0 Å². The van der Waals surface area contributed by atoms with Crippen molar-refractivity contribution in [2.24, 2.45) is 5.16 Å². The Balaban J connectivity index is 1.49. The Kier molecular flexibility index (Phi) is 4.06. The first-order chi connectivity index (χ1) is 9.86. The summed E-state index contributed by atoms with van der Waals surface area (Å²) in [6.45, 7) is 4.62. The van der Waals surface area contributed by atoms with Crippen molar-refractivity contribution in [1.29, 1.82) is 0 Å². The Morgan fingerprint density at radius 1 is 1.30 bits per heavy atom. The van der Waals surface area contributed by atoms with Gasteiger partial charge >= 0.3 is 0 Å². The van der Waals surface area contributed by atoms with Gasteiger partial charge in [-0.1, -0.05) is 5.16 Å². The van der Waals surface area contributed by atoms with Gasteiger partial charge in [0.05, 0.1) is 6.61 Å². The van der Waals surface area contributed by atoms with E-state index in [2.05, 4.69) is 10.1 Å². The summed E-state index contributed by atoms with van der Waals surface area (Å²) in [7, 11) is 0. The number of oxime groups is 1. The lowest BCUT2D eigenvalue weighted by Crippen LogP contribution is -2.21. The predicted molar refractivity (Wildman–Crippen MR) is 76.0 cm³/mol. The molecule has 1 saturated heterocycles. The van der Waals surface area contributed by atoms with Crippen LogP contribution in [0.4, 0.5) is 0 Å². The number of rotatable bonds is 5. The van der Waals surface area contributed by atoms with Crippen LogP contribution in [0.2, 0.25) is 0 Å². The zero-order valence-corrected chi connectivity index (χ0v) is 11.5. The molecule has 5 heteroatoms. The third kappa shape index (κ3) is 2.88. The van der Waals surface area contributed by atoms with E-state index in [4.69, 9.17) is 14.7 Å². The molecule has 3 rings (SSSR count). The van der Waals surface area contributed by atoms with Crippen LogP contribution in [-0.2, 0) is 0 Å². The predicted octanol–water partition coefficient (Wildman–Crippen LogP) is 2.12. The molecule has 2 heterocycles. The molecular formula is C15H20N2O3. The maximum atomic E-state index is 8.83. The highest BCUT2D eigenvalue weighted by atomic mass is 16.5. The second kappa shape index (κ2) is 6.13.